The fourth-order valence-corrected chi connectivity index (χ4v) is 1.71. The van der Waals surface area contributed by atoms with Crippen LogP contribution in [0.15, 0.2) is 24.5 Å². The predicted molar refractivity (Wildman–Crippen MR) is 75.9 cm³/mol. The van der Waals surface area contributed by atoms with Crippen molar-refractivity contribution in [3.05, 3.63) is 41.6 Å². The van der Waals surface area contributed by atoms with Crippen LogP contribution >= 0.6 is 0 Å². The van der Waals surface area contributed by atoms with Gasteiger partial charge in [0.1, 0.15) is 11.6 Å². The van der Waals surface area contributed by atoms with Crippen molar-refractivity contribution in [2.75, 3.05) is 5.43 Å². The lowest BCUT2D eigenvalue weighted by Gasteiger charge is -2.10. The molecule has 0 aliphatic rings. The van der Waals surface area contributed by atoms with E-state index in [1.807, 2.05) is 13.8 Å². The molecule has 0 aromatic carbocycles. The molecule has 0 aliphatic heterocycles. The van der Waals surface area contributed by atoms with Crippen molar-refractivity contribution in [1.82, 2.24) is 20.3 Å². The van der Waals surface area contributed by atoms with E-state index in [4.69, 9.17) is 5.84 Å². The molecule has 7 nitrogen and oxygen atoms in total. The Hall–Kier alpha value is -2.41. The van der Waals surface area contributed by atoms with Crippen LogP contribution in [-0.2, 0) is 6.54 Å². The molecule has 0 radical (unpaired) electrons. The summed E-state index contributed by atoms with van der Waals surface area (Å²) in [4.78, 5) is 23.4. The first kappa shape index (κ1) is 14.0. The lowest BCUT2D eigenvalue weighted by Crippen LogP contribution is -2.24. The number of aromatic amines is 1. The van der Waals surface area contributed by atoms with Gasteiger partial charge in [-0.05, 0) is 18.1 Å². The number of amides is 1. The van der Waals surface area contributed by atoms with Gasteiger partial charge in [0.2, 0.25) is 0 Å². The Morgan fingerprint density at radius 3 is 2.85 bits per heavy atom. The van der Waals surface area contributed by atoms with Crippen LogP contribution < -0.4 is 16.6 Å². The van der Waals surface area contributed by atoms with Crippen molar-refractivity contribution in [3.63, 3.8) is 0 Å². The van der Waals surface area contributed by atoms with E-state index < -0.39 is 0 Å². The fourth-order valence-electron chi connectivity index (χ4n) is 1.71. The Bertz CT molecular complexity index is 579. The maximum Gasteiger partial charge on any atom is 0.251 e. The highest BCUT2D eigenvalue weighted by atomic mass is 16.1. The first-order valence-electron chi connectivity index (χ1n) is 6.35. The summed E-state index contributed by atoms with van der Waals surface area (Å²) < 4.78 is 0. The van der Waals surface area contributed by atoms with Crippen molar-refractivity contribution in [1.29, 1.82) is 0 Å². The van der Waals surface area contributed by atoms with Crippen LogP contribution in [0.4, 0.5) is 5.82 Å². The number of aromatic nitrogens is 3. The molecule has 7 heteroatoms. The third-order valence-corrected chi connectivity index (χ3v) is 2.82. The Balaban J connectivity index is 2.14. The monoisotopic (exact) mass is 274 g/mol. The molecule has 2 heterocycles. The molecule has 0 atom stereocenters. The average Bonchev–Trinajstić information content (AvgIpc) is 2.97. The number of hydrogen-bond donors (Lipinski definition) is 4. The molecule has 0 aliphatic carbocycles. The lowest BCUT2D eigenvalue weighted by atomic mass is 10.1. The zero-order valence-corrected chi connectivity index (χ0v) is 11.5. The van der Waals surface area contributed by atoms with Crippen molar-refractivity contribution in [2.45, 2.75) is 26.3 Å². The van der Waals surface area contributed by atoms with Crippen LogP contribution in [0.25, 0.3) is 0 Å². The van der Waals surface area contributed by atoms with Gasteiger partial charge in [0.05, 0.1) is 6.54 Å². The molecule has 2 aromatic rings. The molecular weight excluding hydrogens is 256 g/mol. The minimum absolute atomic E-state index is 0.192. The van der Waals surface area contributed by atoms with E-state index in [1.165, 1.54) is 0 Å². The van der Waals surface area contributed by atoms with Crippen molar-refractivity contribution >= 4 is 11.7 Å². The SMILES string of the molecule is CC(C)c1cc(C(=O)NCc2ncc[nH]2)cc(NN)n1. The molecule has 2 rings (SSSR count). The molecule has 0 spiro atoms. The molecule has 0 saturated heterocycles. The summed E-state index contributed by atoms with van der Waals surface area (Å²) in [6.07, 6.45) is 3.35. The number of carbonyl (C=O) groups is 1. The number of nitrogens with two attached hydrogens (primary N) is 1. The molecule has 0 bridgehead atoms. The number of rotatable bonds is 5. The summed E-state index contributed by atoms with van der Waals surface area (Å²) in [7, 11) is 0. The van der Waals surface area contributed by atoms with Gasteiger partial charge in [-0.25, -0.2) is 15.8 Å². The van der Waals surface area contributed by atoms with Crippen LogP contribution in [-0.4, -0.2) is 20.9 Å². The summed E-state index contributed by atoms with van der Waals surface area (Å²) in [5.74, 6) is 6.57. The van der Waals surface area contributed by atoms with Gasteiger partial charge in [0, 0.05) is 23.7 Å². The maximum atomic E-state index is 12.1. The van der Waals surface area contributed by atoms with Crippen molar-refractivity contribution < 1.29 is 4.79 Å². The topological polar surface area (TPSA) is 109 Å². The normalized spacial score (nSPS) is 10.6. The Morgan fingerprint density at radius 1 is 1.45 bits per heavy atom. The highest BCUT2D eigenvalue weighted by molar-refractivity contribution is 5.94. The van der Waals surface area contributed by atoms with E-state index in [1.54, 1.807) is 24.5 Å². The number of nitrogen functional groups attached to an aromatic ring is 1. The number of carbonyl (C=O) groups excluding carboxylic acids is 1. The van der Waals surface area contributed by atoms with Gasteiger partial charge in [-0.15, -0.1) is 0 Å². The number of hydrogen-bond acceptors (Lipinski definition) is 5. The zero-order chi connectivity index (χ0) is 14.5. The molecule has 0 saturated carbocycles. The standard InChI is InChI=1S/C13H18N6O/c1-8(2)10-5-9(6-11(18-10)19-14)13(20)17-7-12-15-3-4-16-12/h3-6,8H,7,14H2,1-2H3,(H,15,16)(H,17,20)(H,18,19). The first-order valence-corrected chi connectivity index (χ1v) is 6.35. The molecule has 0 unspecified atom stereocenters. The third kappa shape index (κ3) is 3.33. The summed E-state index contributed by atoms with van der Waals surface area (Å²) in [6.45, 7) is 4.36. The van der Waals surface area contributed by atoms with Gasteiger partial charge < -0.3 is 15.7 Å². The average molecular weight is 274 g/mol. The fraction of sp³-hybridized carbons (Fsp3) is 0.308. The number of hydrazine groups is 1. The number of anilines is 1. The second-order valence-corrected chi connectivity index (χ2v) is 4.68. The van der Waals surface area contributed by atoms with Crippen LogP contribution in [0.2, 0.25) is 0 Å². The number of pyridine rings is 1. The minimum atomic E-state index is -0.192. The third-order valence-electron chi connectivity index (χ3n) is 2.82. The van der Waals surface area contributed by atoms with Gasteiger partial charge in [-0.1, -0.05) is 13.8 Å². The number of H-pyrrole nitrogens is 1. The molecule has 0 fully saturated rings. The van der Waals surface area contributed by atoms with E-state index in [0.717, 1.165) is 5.69 Å². The van der Waals surface area contributed by atoms with E-state index in [2.05, 4.69) is 25.7 Å². The van der Waals surface area contributed by atoms with Crippen LogP contribution in [0, 0.1) is 0 Å². The van der Waals surface area contributed by atoms with Gasteiger partial charge in [0.25, 0.3) is 5.91 Å². The van der Waals surface area contributed by atoms with E-state index in [0.29, 0.717) is 23.8 Å². The Labute approximate surface area is 117 Å². The Kier molecular flexibility index (Phi) is 4.31. The number of nitrogens with one attached hydrogen (secondary N) is 3. The highest BCUT2D eigenvalue weighted by Gasteiger charge is 2.11. The van der Waals surface area contributed by atoms with Crippen LogP contribution in [0.3, 0.4) is 0 Å². The number of nitrogens with zero attached hydrogens (tertiary/aromatic N) is 2. The molecule has 106 valence electrons. The van der Waals surface area contributed by atoms with Crippen molar-refractivity contribution in [3.8, 4) is 0 Å². The second-order valence-electron chi connectivity index (χ2n) is 4.68. The summed E-state index contributed by atoms with van der Waals surface area (Å²) in [5.41, 5.74) is 3.80. The summed E-state index contributed by atoms with van der Waals surface area (Å²) in [5, 5.41) is 2.79. The maximum absolute atomic E-state index is 12.1. The largest absolute Gasteiger partial charge is 0.347 e. The van der Waals surface area contributed by atoms with Gasteiger partial charge in [-0.2, -0.15) is 0 Å². The van der Waals surface area contributed by atoms with E-state index >= 15 is 0 Å². The molecule has 5 N–H and O–H groups in total. The molecular formula is C13H18N6O. The first-order chi connectivity index (χ1) is 9.60. The predicted octanol–water partition coefficient (Wildman–Crippen LogP) is 1.14. The van der Waals surface area contributed by atoms with E-state index in [9.17, 15) is 4.79 Å². The number of imidazole rings is 1. The van der Waals surface area contributed by atoms with Gasteiger partial charge in [-0.3, -0.25) is 4.79 Å². The highest BCUT2D eigenvalue weighted by Crippen LogP contribution is 2.17. The smallest absolute Gasteiger partial charge is 0.251 e. The molecule has 20 heavy (non-hydrogen) atoms. The lowest BCUT2D eigenvalue weighted by molar-refractivity contribution is 0.0950. The summed E-state index contributed by atoms with van der Waals surface area (Å²) >= 11 is 0. The van der Waals surface area contributed by atoms with Gasteiger partial charge >= 0.3 is 0 Å². The quantitative estimate of drug-likeness (QED) is 0.483. The Morgan fingerprint density at radius 2 is 2.25 bits per heavy atom. The van der Waals surface area contributed by atoms with Crippen LogP contribution in [0.5, 0.6) is 0 Å². The minimum Gasteiger partial charge on any atom is -0.347 e. The van der Waals surface area contributed by atoms with Crippen molar-refractivity contribution in [2.24, 2.45) is 5.84 Å². The summed E-state index contributed by atoms with van der Waals surface area (Å²) in [6, 6.07) is 3.38. The van der Waals surface area contributed by atoms with E-state index in [-0.39, 0.29) is 11.8 Å². The zero-order valence-electron chi connectivity index (χ0n) is 11.5. The van der Waals surface area contributed by atoms with Gasteiger partial charge in [0.15, 0.2) is 0 Å². The van der Waals surface area contributed by atoms with Crippen LogP contribution in [0.1, 0.15) is 41.6 Å². The second kappa shape index (κ2) is 6.16. The molecule has 2 aromatic heterocycles. The molecule has 1 amide bonds.